The van der Waals surface area contributed by atoms with Crippen LogP contribution in [0.4, 0.5) is 0 Å². The lowest BCUT2D eigenvalue weighted by molar-refractivity contribution is -0.0970. The summed E-state index contributed by atoms with van der Waals surface area (Å²) in [6, 6.07) is 30.1. The smallest absolute Gasteiger partial charge is 0.353 e. The van der Waals surface area contributed by atoms with Crippen LogP contribution in [0.1, 0.15) is 42.5 Å². The molecule has 0 saturated heterocycles. The molecule has 8 nitrogen and oxygen atoms in total. The normalized spacial score (nSPS) is 20.2. The number of rotatable bonds is 14. The second kappa shape index (κ2) is 14.7. The van der Waals surface area contributed by atoms with Gasteiger partial charge in [-0.1, -0.05) is 91.0 Å². The monoisotopic (exact) mass is 555 g/mol. The van der Waals surface area contributed by atoms with Crippen LogP contribution < -0.4 is 10.4 Å². The highest BCUT2D eigenvalue weighted by Crippen LogP contribution is 2.41. The molecule has 1 saturated carbocycles. The first-order valence-corrected chi connectivity index (χ1v) is 14.2. The van der Waals surface area contributed by atoms with E-state index in [-0.39, 0.29) is 24.1 Å². The maximum absolute atomic E-state index is 13.1. The molecule has 0 spiro atoms. The van der Waals surface area contributed by atoms with Crippen LogP contribution in [0.15, 0.2) is 102 Å². The topological polar surface area (TPSA) is 84.7 Å². The second-order valence-electron chi connectivity index (χ2n) is 10.2. The third kappa shape index (κ3) is 7.88. The van der Waals surface area contributed by atoms with Crippen LogP contribution in [0.5, 0.6) is 6.01 Å². The fourth-order valence-electron chi connectivity index (χ4n) is 5.34. The van der Waals surface area contributed by atoms with Crippen LogP contribution in [0.2, 0.25) is 0 Å². The van der Waals surface area contributed by atoms with Crippen molar-refractivity contribution in [1.29, 1.82) is 0 Å². The van der Waals surface area contributed by atoms with E-state index >= 15 is 0 Å². The van der Waals surface area contributed by atoms with Crippen molar-refractivity contribution in [2.24, 2.45) is 5.92 Å². The van der Waals surface area contributed by atoms with Gasteiger partial charge in [0.25, 0.3) is 0 Å². The van der Waals surface area contributed by atoms with Gasteiger partial charge in [-0.05, 0) is 42.4 Å². The number of hydrogen-bond acceptors (Lipinski definition) is 7. The zero-order valence-corrected chi connectivity index (χ0v) is 23.4. The number of aromatic nitrogens is 3. The summed E-state index contributed by atoms with van der Waals surface area (Å²) >= 11 is 0. The SMILES string of the molecule is CCOc1ncn(C2CC(CCOCc3ccccc3)C(OCc3ccccc3)C2OCc2ccccc2)c(=O)n1. The van der Waals surface area contributed by atoms with Crippen molar-refractivity contribution in [3.05, 3.63) is 124 Å². The van der Waals surface area contributed by atoms with Crippen LogP contribution in [0.25, 0.3) is 0 Å². The predicted molar refractivity (Wildman–Crippen MR) is 155 cm³/mol. The van der Waals surface area contributed by atoms with Crippen molar-refractivity contribution in [3.8, 4) is 6.01 Å². The van der Waals surface area contributed by atoms with E-state index in [1.807, 2.05) is 73.7 Å². The Hall–Kier alpha value is -3.85. The third-order valence-electron chi connectivity index (χ3n) is 7.36. The minimum atomic E-state index is -0.412. The number of benzene rings is 3. The Kier molecular flexibility index (Phi) is 10.3. The van der Waals surface area contributed by atoms with Crippen molar-refractivity contribution < 1.29 is 18.9 Å². The zero-order chi connectivity index (χ0) is 28.3. The molecular formula is C33H37N3O5. The van der Waals surface area contributed by atoms with Gasteiger partial charge in [0.2, 0.25) is 0 Å². The Labute approximate surface area is 240 Å². The Balaban J connectivity index is 1.38. The minimum Gasteiger partial charge on any atom is -0.464 e. The highest BCUT2D eigenvalue weighted by Gasteiger charge is 2.46. The molecule has 1 fully saturated rings. The molecule has 0 amide bonds. The number of ether oxygens (including phenoxy) is 4. The molecule has 1 aliphatic carbocycles. The fraction of sp³-hybridized carbons (Fsp3) is 0.364. The molecule has 1 heterocycles. The first-order valence-electron chi connectivity index (χ1n) is 14.2. The molecule has 0 aliphatic heterocycles. The molecule has 4 atom stereocenters. The van der Waals surface area contributed by atoms with Crippen LogP contribution in [-0.2, 0) is 34.0 Å². The standard InChI is InChI=1S/C33H37N3O5/c1-2-39-32-34-24-36(33(37)35-32)29-20-28(18-19-38-21-25-12-6-3-7-13-25)30(40-22-26-14-8-4-9-15-26)31(29)41-23-27-16-10-5-11-17-27/h3-17,24,28-31H,2,18-23H2,1H3. The fourth-order valence-corrected chi connectivity index (χ4v) is 5.34. The van der Waals surface area contributed by atoms with Crippen LogP contribution in [0.3, 0.4) is 0 Å². The summed E-state index contributed by atoms with van der Waals surface area (Å²) in [5.41, 5.74) is 2.86. The summed E-state index contributed by atoms with van der Waals surface area (Å²) in [5.74, 6) is 0.0960. The summed E-state index contributed by atoms with van der Waals surface area (Å²) in [7, 11) is 0. The van der Waals surface area contributed by atoms with E-state index < -0.39 is 11.8 Å². The van der Waals surface area contributed by atoms with Crippen LogP contribution in [0, 0.1) is 5.92 Å². The average Bonchev–Trinajstić information content (AvgIpc) is 3.35. The summed E-state index contributed by atoms with van der Waals surface area (Å²) in [6.07, 6.45) is 2.30. The molecule has 4 unspecified atom stereocenters. The van der Waals surface area contributed by atoms with Gasteiger partial charge in [0.1, 0.15) is 12.4 Å². The molecule has 1 aliphatic rings. The van der Waals surface area contributed by atoms with Gasteiger partial charge in [-0.15, -0.1) is 4.98 Å². The number of nitrogens with zero attached hydrogens (tertiary/aromatic N) is 3. The maximum Gasteiger partial charge on any atom is 0.353 e. The molecule has 8 heteroatoms. The highest BCUT2D eigenvalue weighted by molar-refractivity contribution is 5.15. The second-order valence-corrected chi connectivity index (χ2v) is 10.2. The molecular weight excluding hydrogens is 518 g/mol. The van der Waals surface area contributed by atoms with Gasteiger partial charge in [-0.25, -0.2) is 4.79 Å². The zero-order valence-electron chi connectivity index (χ0n) is 23.4. The molecule has 0 N–H and O–H groups in total. The lowest BCUT2D eigenvalue weighted by Crippen LogP contribution is -2.38. The molecule has 0 radical (unpaired) electrons. The van der Waals surface area contributed by atoms with Crippen LogP contribution in [-0.4, -0.2) is 40.0 Å². The van der Waals surface area contributed by atoms with Crippen molar-refractivity contribution >= 4 is 0 Å². The van der Waals surface area contributed by atoms with Gasteiger partial charge in [0.15, 0.2) is 0 Å². The lowest BCUT2D eigenvalue weighted by atomic mass is 10.0. The van der Waals surface area contributed by atoms with Gasteiger partial charge < -0.3 is 18.9 Å². The summed E-state index contributed by atoms with van der Waals surface area (Å²) in [4.78, 5) is 21.5. The minimum absolute atomic E-state index is 0.0799. The first-order chi connectivity index (χ1) is 20.2. The van der Waals surface area contributed by atoms with E-state index in [0.717, 1.165) is 23.1 Å². The van der Waals surface area contributed by atoms with Crippen molar-refractivity contribution in [2.75, 3.05) is 13.2 Å². The van der Waals surface area contributed by atoms with Gasteiger partial charge in [0.05, 0.1) is 38.6 Å². The Morgan fingerprint density at radius 1 is 0.780 bits per heavy atom. The van der Waals surface area contributed by atoms with E-state index in [4.69, 9.17) is 18.9 Å². The van der Waals surface area contributed by atoms with Crippen molar-refractivity contribution in [1.82, 2.24) is 14.5 Å². The van der Waals surface area contributed by atoms with Gasteiger partial charge in [-0.2, -0.15) is 4.98 Å². The van der Waals surface area contributed by atoms with E-state index in [2.05, 4.69) is 34.2 Å². The van der Waals surface area contributed by atoms with E-state index in [9.17, 15) is 4.79 Å². The summed E-state index contributed by atoms with van der Waals surface area (Å²) in [6.45, 7) is 4.18. The van der Waals surface area contributed by atoms with Crippen LogP contribution >= 0.6 is 0 Å². The summed E-state index contributed by atoms with van der Waals surface area (Å²) in [5, 5.41) is 0. The Morgan fingerprint density at radius 2 is 1.34 bits per heavy atom. The molecule has 0 bridgehead atoms. The maximum atomic E-state index is 13.1. The van der Waals surface area contributed by atoms with Crippen molar-refractivity contribution in [3.63, 3.8) is 0 Å². The molecule has 41 heavy (non-hydrogen) atoms. The van der Waals surface area contributed by atoms with E-state index in [1.54, 1.807) is 4.57 Å². The first kappa shape index (κ1) is 28.7. The molecule has 3 aromatic carbocycles. The lowest BCUT2D eigenvalue weighted by Gasteiger charge is -2.28. The van der Waals surface area contributed by atoms with Gasteiger partial charge in [-0.3, -0.25) is 4.57 Å². The van der Waals surface area contributed by atoms with Gasteiger partial charge in [0, 0.05) is 6.61 Å². The predicted octanol–water partition coefficient (Wildman–Crippen LogP) is 5.38. The average molecular weight is 556 g/mol. The highest BCUT2D eigenvalue weighted by atomic mass is 16.5. The largest absolute Gasteiger partial charge is 0.464 e. The molecule has 4 aromatic rings. The van der Waals surface area contributed by atoms with E-state index in [1.165, 1.54) is 6.33 Å². The Morgan fingerprint density at radius 3 is 1.90 bits per heavy atom. The number of hydrogen-bond donors (Lipinski definition) is 0. The quantitative estimate of drug-likeness (QED) is 0.193. The molecule has 5 rings (SSSR count). The van der Waals surface area contributed by atoms with Crippen molar-refractivity contribution in [2.45, 2.75) is 57.8 Å². The third-order valence-corrected chi connectivity index (χ3v) is 7.36. The molecule has 214 valence electrons. The van der Waals surface area contributed by atoms with E-state index in [0.29, 0.717) is 39.5 Å². The van der Waals surface area contributed by atoms with Gasteiger partial charge >= 0.3 is 11.7 Å². The summed E-state index contributed by atoms with van der Waals surface area (Å²) < 4.78 is 26.2. The Bertz CT molecular complexity index is 1380. The molecule has 1 aromatic heterocycles.